The number of nitrogens with one attached hydrogen (secondary N) is 1. The minimum Gasteiger partial charge on any atom is -0.497 e. The van der Waals surface area contributed by atoms with Gasteiger partial charge in [0.2, 0.25) is 10.0 Å². The molecule has 0 saturated carbocycles. The van der Waals surface area contributed by atoms with Gasteiger partial charge in [-0.2, -0.15) is 0 Å². The van der Waals surface area contributed by atoms with Gasteiger partial charge < -0.3 is 14.5 Å². The van der Waals surface area contributed by atoms with Gasteiger partial charge in [-0.3, -0.25) is 4.72 Å². The number of likely N-dealkylation sites (N-methyl/N-ethyl adjacent to an activating group) is 1. The van der Waals surface area contributed by atoms with Crippen LogP contribution in [0.1, 0.15) is 20.3 Å². The molecule has 0 aliphatic carbocycles. The van der Waals surface area contributed by atoms with E-state index in [0.717, 1.165) is 55.3 Å². The highest BCUT2D eigenvalue weighted by atomic mass is 35.5. The lowest BCUT2D eigenvalue weighted by Gasteiger charge is -2.36. The molecule has 164 valence electrons. The number of piperazine rings is 1. The highest BCUT2D eigenvalue weighted by Gasteiger charge is 2.21. The summed E-state index contributed by atoms with van der Waals surface area (Å²) >= 11 is 6.69. The van der Waals surface area contributed by atoms with Gasteiger partial charge in [-0.1, -0.05) is 37.6 Å². The summed E-state index contributed by atoms with van der Waals surface area (Å²) in [7, 11) is -1.83. The van der Waals surface area contributed by atoms with Crippen LogP contribution in [0.4, 0.5) is 11.4 Å². The van der Waals surface area contributed by atoms with Gasteiger partial charge >= 0.3 is 0 Å². The molecule has 30 heavy (non-hydrogen) atoms. The Morgan fingerprint density at radius 2 is 1.73 bits per heavy atom. The number of benzene rings is 2. The topological polar surface area (TPSA) is 61.9 Å². The number of hydrogen-bond acceptors (Lipinski definition) is 5. The zero-order chi connectivity index (χ0) is 21.7. The lowest BCUT2D eigenvalue weighted by atomic mass is 10.0. The normalized spacial score (nSPS) is 15.3. The number of hydrogen-bond donors (Lipinski definition) is 1. The first-order valence-corrected chi connectivity index (χ1v) is 12.4. The van der Waals surface area contributed by atoms with Crippen molar-refractivity contribution >= 4 is 33.0 Å². The number of methoxy groups -OCH3 is 1. The molecule has 1 aliphatic heterocycles. The maximum atomic E-state index is 12.4. The zero-order valence-electron chi connectivity index (χ0n) is 17.8. The Balaban J connectivity index is 2.02. The Hall–Kier alpha value is -1.96. The average Bonchev–Trinajstić information content (AvgIpc) is 2.75. The van der Waals surface area contributed by atoms with Crippen molar-refractivity contribution in [2.24, 2.45) is 0 Å². The van der Waals surface area contributed by atoms with E-state index in [1.165, 1.54) is 0 Å². The molecule has 1 fully saturated rings. The van der Waals surface area contributed by atoms with E-state index in [-0.39, 0.29) is 5.75 Å². The van der Waals surface area contributed by atoms with Crippen LogP contribution in [0.5, 0.6) is 5.75 Å². The minimum atomic E-state index is -3.46. The molecule has 6 nitrogen and oxygen atoms in total. The SMILES string of the molecule is CCCS(=O)(=O)Nc1cc(N2CCN(CC)CC2)cc(-c2ccc(OC)cc2)c1Cl. The Kier molecular flexibility index (Phi) is 7.50. The third kappa shape index (κ3) is 5.39. The second kappa shape index (κ2) is 9.90. The predicted molar refractivity (Wildman–Crippen MR) is 125 cm³/mol. The molecular weight excluding hydrogens is 422 g/mol. The summed E-state index contributed by atoms with van der Waals surface area (Å²) in [5, 5.41) is 0.399. The van der Waals surface area contributed by atoms with Crippen molar-refractivity contribution in [3.05, 3.63) is 41.4 Å². The highest BCUT2D eigenvalue weighted by Crippen LogP contribution is 2.39. The van der Waals surface area contributed by atoms with E-state index >= 15 is 0 Å². The molecule has 0 atom stereocenters. The van der Waals surface area contributed by atoms with Crippen molar-refractivity contribution in [2.45, 2.75) is 20.3 Å². The third-order valence-corrected chi connectivity index (χ3v) is 7.27. The van der Waals surface area contributed by atoms with Gasteiger partial charge in [0, 0.05) is 37.4 Å². The van der Waals surface area contributed by atoms with Crippen molar-refractivity contribution in [2.75, 3.05) is 55.2 Å². The van der Waals surface area contributed by atoms with E-state index in [2.05, 4.69) is 21.4 Å². The summed E-state index contributed by atoms with van der Waals surface area (Å²) in [6.07, 6.45) is 0.539. The molecule has 0 amide bonds. The molecule has 0 spiro atoms. The number of ether oxygens (including phenoxy) is 1. The molecular formula is C22H30ClN3O3S. The Morgan fingerprint density at radius 1 is 1.07 bits per heavy atom. The first-order chi connectivity index (χ1) is 14.4. The first-order valence-electron chi connectivity index (χ1n) is 10.3. The Labute approximate surface area is 184 Å². The van der Waals surface area contributed by atoms with E-state index in [0.29, 0.717) is 17.1 Å². The molecule has 3 rings (SSSR count). The second-order valence-corrected chi connectivity index (χ2v) is 9.65. The van der Waals surface area contributed by atoms with E-state index in [9.17, 15) is 8.42 Å². The summed E-state index contributed by atoms with van der Waals surface area (Å²) in [5.74, 6) is 0.811. The fourth-order valence-corrected chi connectivity index (χ4v) is 5.11. The van der Waals surface area contributed by atoms with Crippen molar-refractivity contribution in [3.63, 3.8) is 0 Å². The van der Waals surface area contributed by atoms with Crippen LogP contribution in [-0.2, 0) is 10.0 Å². The third-order valence-electron chi connectivity index (χ3n) is 5.38. The average molecular weight is 452 g/mol. The molecule has 1 heterocycles. The lowest BCUT2D eigenvalue weighted by molar-refractivity contribution is 0.271. The number of anilines is 2. The maximum absolute atomic E-state index is 12.4. The van der Waals surface area contributed by atoms with Crippen LogP contribution < -0.4 is 14.4 Å². The fourth-order valence-electron chi connectivity index (χ4n) is 3.66. The van der Waals surface area contributed by atoms with Crippen LogP contribution in [0.25, 0.3) is 11.1 Å². The highest BCUT2D eigenvalue weighted by molar-refractivity contribution is 7.92. The number of halogens is 1. The van der Waals surface area contributed by atoms with E-state index in [4.69, 9.17) is 16.3 Å². The molecule has 0 unspecified atom stereocenters. The minimum absolute atomic E-state index is 0.0562. The zero-order valence-corrected chi connectivity index (χ0v) is 19.4. The van der Waals surface area contributed by atoms with Gasteiger partial charge in [0.15, 0.2) is 0 Å². The largest absolute Gasteiger partial charge is 0.497 e. The summed E-state index contributed by atoms with van der Waals surface area (Å²) < 4.78 is 32.8. The van der Waals surface area contributed by atoms with Crippen molar-refractivity contribution in [3.8, 4) is 16.9 Å². The second-order valence-electron chi connectivity index (χ2n) is 7.43. The molecule has 0 radical (unpaired) electrons. The quantitative estimate of drug-likeness (QED) is 0.648. The Bertz CT molecular complexity index is 956. The summed E-state index contributed by atoms with van der Waals surface area (Å²) in [4.78, 5) is 4.69. The number of sulfonamides is 1. The van der Waals surface area contributed by atoms with Gasteiger partial charge in [0.1, 0.15) is 5.75 Å². The molecule has 8 heteroatoms. The van der Waals surface area contributed by atoms with Crippen LogP contribution in [0, 0.1) is 0 Å². The summed E-state index contributed by atoms with van der Waals surface area (Å²) in [6.45, 7) is 8.78. The molecule has 0 bridgehead atoms. The first kappa shape index (κ1) is 22.7. The van der Waals surface area contributed by atoms with E-state index in [1.807, 2.05) is 43.3 Å². The molecule has 0 aromatic heterocycles. The smallest absolute Gasteiger partial charge is 0.232 e. The van der Waals surface area contributed by atoms with E-state index in [1.54, 1.807) is 7.11 Å². The van der Waals surface area contributed by atoms with Crippen molar-refractivity contribution in [1.82, 2.24) is 4.90 Å². The van der Waals surface area contributed by atoms with Gasteiger partial charge in [0.25, 0.3) is 0 Å². The molecule has 1 saturated heterocycles. The van der Waals surface area contributed by atoms with Crippen LogP contribution in [0.2, 0.25) is 5.02 Å². The Morgan fingerprint density at radius 3 is 2.30 bits per heavy atom. The number of nitrogens with zero attached hydrogens (tertiary/aromatic N) is 2. The van der Waals surface area contributed by atoms with Crippen LogP contribution in [0.15, 0.2) is 36.4 Å². The van der Waals surface area contributed by atoms with Crippen LogP contribution >= 0.6 is 11.6 Å². The van der Waals surface area contributed by atoms with Crippen molar-refractivity contribution < 1.29 is 13.2 Å². The van der Waals surface area contributed by atoms with Crippen LogP contribution in [0.3, 0.4) is 0 Å². The summed E-state index contributed by atoms with van der Waals surface area (Å²) in [5.41, 5.74) is 3.09. The fraction of sp³-hybridized carbons (Fsp3) is 0.455. The van der Waals surface area contributed by atoms with Crippen molar-refractivity contribution in [1.29, 1.82) is 0 Å². The standard InChI is InChI=1S/C22H30ClN3O3S/c1-4-14-30(27,28)24-21-16-18(26-12-10-25(5-2)11-13-26)15-20(22(21)23)17-6-8-19(29-3)9-7-17/h6-9,15-16,24H,4-5,10-14H2,1-3H3. The van der Waals surface area contributed by atoms with E-state index < -0.39 is 10.0 Å². The monoisotopic (exact) mass is 451 g/mol. The molecule has 2 aromatic carbocycles. The lowest BCUT2D eigenvalue weighted by Crippen LogP contribution is -2.46. The van der Waals surface area contributed by atoms with Gasteiger partial charge in [-0.05, 0) is 42.8 Å². The van der Waals surface area contributed by atoms with Gasteiger partial charge in [-0.15, -0.1) is 0 Å². The maximum Gasteiger partial charge on any atom is 0.232 e. The van der Waals surface area contributed by atoms with Gasteiger partial charge in [-0.25, -0.2) is 8.42 Å². The van der Waals surface area contributed by atoms with Gasteiger partial charge in [0.05, 0.1) is 23.6 Å². The van der Waals surface area contributed by atoms with Crippen LogP contribution in [-0.4, -0.2) is 58.9 Å². The predicted octanol–water partition coefficient (Wildman–Crippen LogP) is 4.31. The molecule has 1 aliphatic rings. The molecule has 1 N–H and O–H groups in total. The molecule has 2 aromatic rings. The number of rotatable bonds is 8. The summed E-state index contributed by atoms with van der Waals surface area (Å²) in [6, 6.07) is 11.5.